The van der Waals surface area contributed by atoms with Crippen LogP contribution in [0, 0.1) is 5.92 Å². The molecule has 1 aromatic carbocycles. The molecule has 1 aromatic rings. The highest BCUT2D eigenvalue weighted by Crippen LogP contribution is 2.31. The molecule has 1 unspecified atom stereocenters. The normalized spacial score (nSPS) is 13.7. The Kier molecular flexibility index (Phi) is 6.09. The number of nitrogen functional groups attached to an aromatic ring is 1. The lowest BCUT2D eigenvalue weighted by atomic mass is 10.1. The van der Waals surface area contributed by atoms with Gasteiger partial charge >= 0.3 is 0 Å². The van der Waals surface area contributed by atoms with E-state index < -0.39 is 10.0 Å². The molecule has 0 heterocycles. The molecule has 0 fully saturated rings. The van der Waals surface area contributed by atoms with Gasteiger partial charge in [-0.05, 0) is 18.1 Å². The molecule has 114 valence electrons. The summed E-state index contributed by atoms with van der Waals surface area (Å²) in [6.45, 7) is 4.03. The fourth-order valence-electron chi connectivity index (χ4n) is 1.66. The Hall–Kier alpha value is -0.530. The van der Waals surface area contributed by atoms with Crippen molar-refractivity contribution in [3.05, 3.63) is 22.2 Å². The molecular formula is C12H18Cl2N2O3S. The fraction of sp³-hybridized carbons (Fsp3) is 0.500. The Morgan fingerprint density at radius 1 is 1.35 bits per heavy atom. The van der Waals surface area contributed by atoms with E-state index in [2.05, 4.69) is 4.72 Å². The van der Waals surface area contributed by atoms with E-state index in [0.29, 0.717) is 0 Å². The van der Waals surface area contributed by atoms with Crippen LogP contribution in [-0.4, -0.2) is 28.2 Å². The molecule has 0 saturated carbocycles. The Morgan fingerprint density at radius 2 is 1.95 bits per heavy atom. The summed E-state index contributed by atoms with van der Waals surface area (Å²) in [7, 11) is -2.34. The first-order chi connectivity index (χ1) is 9.19. The Labute approximate surface area is 129 Å². The van der Waals surface area contributed by atoms with Crippen molar-refractivity contribution in [2.75, 3.05) is 19.5 Å². The van der Waals surface area contributed by atoms with E-state index in [9.17, 15) is 8.42 Å². The lowest BCUT2D eigenvalue weighted by molar-refractivity contribution is 0.157. The highest BCUT2D eigenvalue weighted by atomic mass is 35.5. The summed E-state index contributed by atoms with van der Waals surface area (Å²) in [6, 6.07) is 2.31. The number of nitrogens with two attached hydrogens (primary N) is 1. The van der Waals surface area contributed by atoms with Crippen molar-refractivity contribution in [2.45, 2.75) is 24.8 Å². The third kappa shape index (κ3) is 4.23. The van der Waals surface area contributed by atoms with Crippen LogP contribution in [0.4, 0.5) is 5.69 Å². The largest absolute Gasteiger partial charge is 0.398 e. The molecular weight excluding hydrogens is 323 g/mol. The number of benzene rings is 1. The SMILES string of the molecule is COCC(NS(=O)(=O)c1c(N)cc(Cl)cc1Cl)C(C)C. The molecule has 0 aliphatic rings. The number of halogens is 2. The second-order valence-electron chi connectivity index (χ2n) is 4.73. The highest BCUT2D eigenvalue weighted by Gasteiger charge is 2.26. The van der Waals surface area contributed by atoms with Gasteiger partial charge in [0.1, 0.15) is 4.90 Å². The molecule has 0 bridgehead atoms. The molecule has 8 heteroatoms. The molecule has 0 radical (unpaired) electrons. The third-order valence-electron chi connectivity index (χ3n) is 2.76. The molecule has 3 N–H and O–H groups in total. The van der Waals surface area contributed by atoms with Crippen molar-refractivity contribution in [2.24, 2.45) is 5.92 Å². The summed E-state index contributed by atoms with van der Waals surface area (Å²) < 4.78 is 32.4. The van der Waals surface area contributed by atoms with Gasteiger partial charge in [0.25, 0.3) is 0 Å². The predicted molar refractivity (Wildman–Crippen MR) is 81.7 cm³/mol. The first-order valence-corrected chi connectivity index (χ1v) is 8.18. The first kappa shape index (κ1) is 17.5. The van der Waals surface area contributed by atoms with Crippen molar-refractivity contribution in [3.63, 3.8) is 0 Å². The van der Waals surface area contributed by atoms with Gasteiger partial charge in [0.15, 0.2) is 0 Å². The van der Waals surface area contributed by atoms with Gasteiger partial charge in [0.2, 0.25) is 10.0 Å². The Bertz CT molecular complexity index is 553. The van der Waals surface area contributed by atoms with Gasteiger partial charge < -0.3 is 10.5 Å². The minimum Gasteiger partial charge on any atom is -0.398 e. The molecule has 5 nitrogen and oxygen atoms in total. The van der Waals surface area contributed by atoms with Crippen LogP contribution in [0.25, 0.3) is 0 Å². The topological polar surface area (TPSA) is 81.4 Å². The van der Waals surface area contributed by atoms with Crippen LogP contribution in [0.1, 0.15) is 13.8 Å². The van der Waals surface area contributed by atoms with Gasteiger partial charge in [-0.1, -0.05) is 37.0 Å². The first-order valence-electron chi connectivity index (χ1n) is 5.94. The number of rotatable bonds is 6. The van der Waals surface area contributed by atoms with Crippen LogP contribution in [0.2, 0.25) is 10.0 Å². The Balaban J connectivity index is 3.17. The van der Waals surface area contributed by atoms with E-state index in [-0.39, 0.29) is 39.2 Å². The van der Waals surface area contributed by atoms with Crippen molar-refractivity contribution in [1.82, 2.24) is 4.72 Å². The number of ether oxygens (including phenoxy) is 1. The van der Waals surface area contributed by atoms with E-state index in [1.165, 1.54) is 19.2 Å². The van der Waals surface area contributed by atoms with Crippen LogP contribution in [0.15, 0.2) is 17.0 Å². The van der Waals surface area contributed by atoms with Gasteiger partial charge in [-0.15, -0.1) is 0 Å². The molecule has 0 aliphatic heterocycles. The average molecular weight is 341 g/mol. The summed E-state index contributed by atoms with van der Waals surface area (Å²) >= 11 is 11.7. The second kappa shape index (κ2) is 6.95. The van der Waals surface area contributed by atoms with Crippen LogP contribution < -0.4 is 10.5 Å². The number of sulfonamides is 1. The van der Waals surface area contributed by atoms with Crippen molar-refractivity contribution in [1.29, 1.82) is 0 Å². The molecule has 20 heavy (non-hydrogen) atoms. The van der Waals surface area contributed by atoms with Crippen LogP contribution >= 0.6 is 23.2 Å². The van der Waals surface area contributed by atoms with E-state index in [0.717, 1.165) is 0 Å². The van der Waals surface area contributed by atoms with Crippen LogP contribution in [-0.2, 0) is 14.8 Å². The summed E-state index contributed by atoms with van der Waals surface area (Å²) in [5, 5.41) is 0.270. The van der Waals surface area contributed by atoms with Crippen LogP contribution in [0.3, 0.4) is 0 Å². The number of nitrogens with one attached hydrogen (secondary N) is 1. The van der Waals surface area contributed by atoms with E-state index in [1.54, 1.807) is 0 Å². The predicted octanol–water partition coefficient (Wildman–Crippen LogP) is 2.52. The quantitative estimate of drug-likeness (QED) is 0.779. The molecule has 0 saturated heterocycles. The number of hydrogen-bond donors (Lipinski definition) is 2. The van der Waals surface area contributed by atoms with Gasteiger partial charge in [0, 0.05) is 18.2 Å². The third-order valence-corrected chi connectivity index (χ3v) is 5.00. The average Bonchev–Trinajstić information content (AvgIpc) is 2.25. The Morgan fingerprint density at radius 3 is 2.40 bits per heavy atom. The van der Waals surface area contributed by atoms with Gasteiger partial charge in [-0.3, -0.25) is 0 Å². The lowest BCUT2D eigenvalue weighted by Crippen LogP contribution is -2.41. The number of hydrogen-bond acceptors (Lipinski definition) is 4. The fourth-order valence-corrected chi connectivity index (χ4v) is 4.02. The molecule has 1 rings (SSSR count). The molecule has 0 spiro atoms. The summed E-state index contributed by atoms with van der Waals surface area (Å²) in [6.07, 6.45) is 0. The maximum absolute atomic E-state index is 12.4. The van der Waals surface area contributed by atoms with E-state index in [4.69, 9.17) is 33.7 Å². The highest BCUT2D eigenvalue weighted by molar-refractivity contribution is 7.89. The minimum atomic E-state index is -3.85. The maximum Gasteiger partial charge on any atom is 0.244 e. The maximum atomic E-state index is 12.4. The van der Waals surface area contributed by atoms with E-state index >= 15 is 0 Å². The van der Waals surface area contributed by atoms with Crippen molar-refractivity contribution >= 4 is 38.9 Å². The second-order valence-corrected chi connectivity index (χ2v) is 7.23. The van der Waals surface area contributed by atoms with Crippen molar-refractivity contribution < 1.29 is 13.2 Å². The summed E-state index contributed by atoms with van der Waals surface area (Å²) in [5.41, 5.74) is 5.72. The van der Waals surface area contributed by atoms with Gasteiger partial charge in [-0.2, -0.15) is 0 Å². The smallest absolute Gasteiger partial charge is 0.244 e. The number of methoxy groups -OCH3 is 1. The molecule has 0 aliphatic carbocycles. The summed E-state index contributed by atoms with van der Waals surface area (Å²) in [5.74, 6) is 0.0528. The zero-order valence-electron chi connectivity index (χ0n) is 11.5. The zero-order chi connectivity index (χ0) is 15.5. The number of anilines is 1. The van der Waals surface area contributed by atoms with E-state index in [1.807, 2.05) is 13.8 Å². The monoisotopic (exact) mass is 340 g/mol. The van der Waals surface area contributed by atoms with Crippen LogP contribution in [0.5, 0.6) is 0 Å². The minimum absolute atomic E-state index is 0.00919. The van der Waals surface area contributed by atoms with Crippen molar-refractivity contribution in [3.8, 4) is 0 Å². The molecule has 1 atom stereocenters. The summed E-state index contributed by atoms with van der Waals surface area (Å²) in [4.78, 5) is -0.162. The van der Waals surface area contributed by atoms with Gasteiger partial charge in [-0.25, -0.2) is 13.1 Å². The molecule has 0 amide bonds. The standard InChI is InChI=1S/C12H18Cl2N2O3S/c1-7(2)11(6-19-3)16-20(17,18)12-9(14)4-8(13)5-10(12)15/h4-5,7,11,16H,6,15H2,1-3H3. The van der Waals surface area contributed by atoms with Gasteiger partial charge in [0.05, 0.1) is 17.3 Å². The lowest BCUT2D eigenvalue weighted by Gasteiger charge is -2.22. The zero-order valence-corrected chi connectivity index (χ0v) is 13.8. The molecule has 0 aromatic heterocycles.